The van der Waals surface area contributed by atoms with Crippen molar-refractivity contribution >= 4 is 23.4 Å². The van der Waals surface area contributed by atoms with Crippen LogP contribution in [0.1, 0.15) is 24.0 Å². The molecule has 0 spiro atoms. The molecule has 4 heterocycles. The number of carbonyl (C=O) groups is 1. The molecular formula is C23H28N6O5. The highest BCUT2D eigenvalue weighted by molar-refractivity contribution is 6.00. The summed E-state index contributed by atoms with van der Waals surface area (Å²) in [6, 6.07) is 8.76. The van der Waals surface area contributed by atoms with Crippen molar-refractivity contribution in [3.8, 4) is 6.07 Å². The lowest BCUT2D eigenvalue weighted by Gasteiger charge is -2.25. The van der Waals surface area contributed by atoms with Crippen LogP contribution in [0.25, 0.3) is 0 Å². The van der Waals surface area contributed by atoms with Crippen molar-refractivity contribution < 1.29 is 23.7 Å². The second-order valence-corrected chi connectivity index (χ2v) is 7.91. The van der Waals surface area contributed by atoms with Gasteiger partial charge in [-0.25, -0.2) is 14.8 Å². The topological polar surface area (TPSA) is 131 Å². The highest BCUT2D eigenvalue weighted by Gasteiger charge is 2.27. The van der Waals surface area contributed by atoms with Gasteiger partial charge in [0, 0.05) is 45.0 Å². The molecule has 1 atom stereocenters. The Labute approximate surface area is 198 Å². The van der Waals surface area contributed by atoms with E-state index in [0.717, 1.165) is 6.42 Å². The van der Waals surface area contributed by atoms with Crippen molar-refractivity contribution in [2.24, 2.45) is 5.92 Å². The molecule has 2 aliphatic heterocycles. The Morgan fingerprint density at radius 2 is 2.18 bits per heavy atom. The van der Waals surface area contributed by atoms with Crippen LogP contribution in [0.2, 0.25) is 0 Å². The Balaban J connectivity index is 1.55. The van der Waals surface area contributed by atoms with Crippen LogP contribution in [0.15, 0.2) is 30.5 Å². The van der Waals surface area contributed by atoms with E-state index in [1.165, 1.54) is 6.20 Å². The number of pyridine rings is 2. The number of urea groups is 1. The van der Waals surface area contributed by atoms with Gasteiger partial charge in [-0.1, -0.05) is 6.07 Å². The van der Waals surface area contributed by atoms with Gasteiger partial charge in [0.2, 0.25) is 6.29 Å². The first-order valence-electron chi connectivity index (χ1n) is 11.2. The van der Waals surface area contributed by atoms with Gasteiger partial charge in [-0.15, -0.1) is 0 Å². The fourth-order valence-electron chi connectivity index (χ4n) is 3.74. The van der Waals surface area contributed by atoms with E-state index in [-0.39, 0.29) is 11.9 Å². The van der Waals surface area contributed by atoms with Gasteiger partial charge in [0.1, 0.15) is 17.7 Å². The first-order valence-corrected chi connectivity index (χ1v) is 11.2. The largest absolute Gasteiger partial charge is 0.383 e. The molecule has 0 aromatic carbocycles. The molecule has 0 unspecified atom stereocenters. The molecule has 11 nitrogen and oxygen atoms in total. The number of nitrogens with one attached hydrogen (secondary N) is 2. The standard InChI is InChI=1S/C23H28N6O5/c1-31-8-6-25-19-11-20(26-13-17(19)12-24)28-23(30)29(14-16-5-7-32-15-16)21-4-2-3-18(27-21)22-33-9-10-34-22/h2-4,11,13,16,22H,5-10,14-15H2,1H3,(H2,25,26,28,30)/t16-/m1/s1. The second kappa shape index (κ2) is 11.7. The van der Waals surface area contributed by atoms with Gasteiger partial charge in [-0.3, -0.25) is 10.2 Å². The second-order valence-electron chi connectivity index (χ2n) is 7.91. The molecule has 2 aliphatic rings. The molecule has 2 fully saturated rings. The number of anilines is 3. The van der Waals surface area contributed by atoms with Crippen molar-refractivity contribution in [3.05, 3.63) is 41.7 Å². The van der Waals surface area contributed by atoms with Gasteiger partial charge in [-0.2, -0.15) is 5.26 Å². The molecule has 34 heavy (non-hydrogen) atoms. The maximum atomic E-state index is 13.4. The van der Waals surface area contributed by atoms with Crippen LogP contribution in [0.5, 0.6) is 0 Å². The predicted molar refractivity (Wildman–Crippen MR) is 123 cm³/mol. The maximum Gasteiger partial charge on any atom is 0.328 e. The van der Waals surface area contributed by atoms with Crippen molar-refractivity contribution in [1.82, 2.24) is 9.97 Å². The fourth-order valence-corrected chi connectivity index (χ4v) is 3.74. The lowest BCUT2D eigenvalue weighted by atomic mass is 10.1. The van der Waals surface area contributed by atoms with Gasteiger partial charge in [-0.05, 0) is 18.6 Å². The third-order valence-corrected chi connectivity index (χ3v) is 5.49. The zero-order valence-electron chi connectivity index (χ0n) is 19.0. The van der Waals surface area contributed by atoms with Gasteiger partial charge < -0.3 is 24.3 Å². The predicted octanol–water partition coefficient (Wildman–Crippen LogP) is 2.53. The molecule has 0 radical (unpaired) electrons. The van der Waals surface area contributed by atoms with E-state index < -0.39 is 6.29 Å². The maximum absolute atomic E-state index is 13.4. The molecule has 2 aromatic heterocycles. The first-order chi connectivity index (χ1) is 16.7. The molecule has 4 rings (SSSR count). The van der Waals surface area contributed by atoms with E-state index in [9.17, 15) is 10.1 Å². The monoisotopic (exact) mass is 468 g/mol. The molecular weight excluding hydrogens is 440 g/mol. The summed E-state index contributed by atoms with van der Waals surface area (Å²) in [7, 11) is 1.60. The third-order valence-electron chi connectivity index (χ3n) is 5.49. The summed E-state index contributed by atoms with van der Waals surface area (Å²) < 4.78 is 21.7. The summed E-state index contributed by atoms with van der Waals surface area (Å²) in [6.07, 6.45) is 1.75. The zero-order chi connectivity index (χ0) is 23.8. The van der Waals surface area contributed by atoms with Crippen molar-refractivity contribution in [2.75, 3.05) is 68.8 Å². The Morgan fingerprint density at radius 3 is 2.91 bits per heavy atom. The Hall–Kier alpha value is -3.30. The van der Waals surface area contributed by atoms with Crippen LogP contribution in [-0.2, 0) is 18.9 Å². The fraction of sp³-hybridized carbons (Fsp3) is 0.478. The summed E-state index contributed by atoms with van der Waals surface area (Å²) in [6.45, 7) is 3.69. The molecule has 2 aromatic rings. The van der Waals surface area contributed by atoms with Crippen molar-refractivity contribution in [1.29, 1.82) is 5.26 Å². The van der Waals surface area contributed by atoms with Crippen LogP contribution < -0.4 is 15.5 Å². The number of nitriles is 1. The van der Waals surface area contributed by atoms with Crippen LogP contribution in [0, 0.1) is 17.2 Å². The summed E-state index contributed by atoms with van der Waals surface area (Å²) in [5.41, 5.74) is 1.55. The van der Waals surface area contributed by atoms with E-state index in [2.05, 4.69) is 26.7 Å². The Morgan fingerprint density at radius 1 is 1.32 bits per heavy atom. The summed E-state index contributed by atoms with van der Waals surface area (Å²) in [5.74, 6) is 0.985. The van der Waals surface area contributed by atoms with Crippen molar-refractivity contribution in [2.45, 2.75) is 12.7 Å². The average molecular weight is 469 g/mol. The minimum Gasteiger partial charge on any atom is -0.383 e. The van der Waals surface area contributed by atoms with E-state index in [0.29, 0.717) is 74.7 Å². The normalized spacial score (nSPS) is 17.9. The lowest BCUT2D eigenvalue weighted by molar-refractivity contribution is -0.0472. The number of nitrogens with zero attached hydrogens (tertiary/aromatic N) is 4. The van der Waals surface area contributed by atoms with Crippen LogP contribution in [0.3, 0.4) is 0 Å². The molecule has 0 aliphatic carbocycles. The van der Waals surface area contributed by atoms with Gasteiger partial charge in [0.15, 0.2) is 0 Å². The number of ether oxygens (including phenoxy) is 4. The summed E-state index contributed by atoms with van der Waals surface area (Å²) in [5, 5.41) is 15.3. The SMILES string of the molecule is COCCNc1cc(NC(=O)N(C[C@H]2CCOC2)c2cccc(C3OCCO3)n2)ncc1C#N. The quantitative estimate of drug-likeness (QED) is 0.533. The van der Waals surface area contributed by atoms with Crippen LogP contribution in [0.4, 0.5) is 22.1 Å². The van der Waals surface area contributed by atoms with E-state index in [1.807, 2.05) is 12.1 Å². The molecule has 180 valence electrons. The molecule has 0 saturated carbocycles. The van der Waals surface area contributed by atoms with Gasteiger partial charge >= 0.3 is 6.03 Å². The number of amides is 2. The highest BCUT2D eigenvalue weighted by Crippen LogP contribution is 2.26. The lowest BCUT2D eigenvalue weighted by Crippen LogP contribution is -2.39. The molecule has 2 N–H and O–H groups in total. The molecule has 0 bridgehead atoms. The third kappa shape index (κ3) is 5.98. The average Bonchev–Trinajstić information content (AvgIpc) is 3.58. The number of carbonyl (C=O) groups excluding carboxylic acids is 1. The molecule has 2 amide bonds. The Kier molecular flexibility index (Phi) is 8.21. The summed E-state index contributed by atoms with van der Waals surface area (Å²) in [4.78, 5) is 23.8. The number of rotatable bonds is 9. The minimum atomic E-state index is -0.541. The molecule has 2 saturated heterocycles. The number of aromatic nitrogens is 2. The van der Waals surface area contributed by atoms with Crippen molar-refractivity contribution in [3.63, 3.8) is 0 Å². The number of methoxy groups -OCH3 is 1. The van der Waals surface area contributed by atoms with E-state index in [4.69, 9.17) is 18.9 Å². The number of hydrogen-bond donors (Lipinski definition) is 2. The van der Waals surface area contributed by atoms with E-state index >= 15 is 0 Å². The summed E-state index contributed by atoms with van der Waals surface area (Å²) >= 11 is 0. The highest BCUT2D eigenvalue weighted by atomic mass is 16.7. The molecule has 11 heteroatoms. The smallest absolute Gasteiger partial charge is 0.328 e. The van der Waals surface area contributed by atoms with Gasteiger partial charge in [0.25, 0.3) is 0 Å². The zero-order valence-corrected chi connectivity index (χ0v) is 19.0. The number of hydrogen-bond acceptors (Lipinski definition) is 9. The first kappa shape index (κ1) is 23.8. The van der Waals surface area contributed by atoms with E-state index in [1.54, 1.807) is 24.1 Å². The minimum absolute atomic E-state index is 0.190. The van der Waals surface area contributed by atoms with Crippen LogP contribution in [-0.4, -0.2) is 69.2 Å². The van der Waals surface area contributed by atoms with Crippen LogP contribution >= 0.6 is 0 Å². The van der Waals surface area contributed by atoms with Gasteiger partial charge in [0.05, 0.1) is 43.4 Å². The Bertz CT molecular complexity index is 1020.